The first-order valence-electron chi connectivity index (χ1n) is 8.09. The summed E-state index contributed by atoms with van der Waals surface area (Å²) in [7, 11) is 0. The first-order valence-corrected chi connectivity index (χ1v) is 9.08. The number of hydrogen-bond acceptors (Lipinski definition) is 5. The van der Waals surface area contributed by atoms with Gasteiger partial charge in [-0.2, -0.15) is 0 Å². The van der Waals surface area contributed by atoms with E-state index < -0.39 is 0 Å². The van der Waals surface area contributed by atoms with Gasteiger partial charge in [-0.1, -0.05) is 23.9 Å². The molecule has 1 aromatic carbocycles. The van der Waals surface area contributed by atoms with Crippen molar-refractivity contribution in [2.24, 2.45) is 0 Å². The van der Waals surface area contributed by atoms with Gasteiger partial charge in [-0.05, 0) is 43.7 Å². The lowest BCUT2D eigenvalue weighted by Gasteiger charge is -2.06. The van der Waals surface area contributed by atoms with Crippen LogP contribution in [0.4, 0.5) is 0 Å². The van der Waals surface area contributed by atoms with Crippen molar-refractivity contribution in [3.8, 4) is 0 Å². The maximum Gasteiger partial charge on any atom is 0.251 e. The molecular formula is C18H20N4O2S. The van der Waals surface area contributed by atoms with Crippen molar-refractivity contribution in [2.45, 2.75) is 37.8 Å². The molecule has 0 unspecified atom stereocenters. The highest BCUT2D eigenvalue weighted by atomic mass is 32.2. The smallest absolute Gasteiger partial charge is 0.251 e. The van der Waals surface area contributed by atoms with Crippen molar-refractivity contribution in [2.75, 3.05) is 0 Å². The van der Waals surface area contributed by atoms with E-state index in [1.54, 1.807) is 24.1 Å². The number of aryl methyl sites for hydroxylation is 1. The van der Waals surface area contributed by atoms with E-state index in [0.29, 0.717) is 12.1 Å². The van der Waals surface area contributed by atoms with Crippen LogP contribution in [0.15, 0.2) is 52.2 Å². The number of thioether (sulfide) groups is 1. The van der Waals surface area contributed by atoms with E-state index >= 15 is 0 Å². The molecule has 6 nitrogen and oxygen atoms in total. The Bertz CT molecular complexity index is 825. The molecule has 0 radical (unpaired) electrons. The lowest BCUT2D eigenvalue weighted by molar-refractivity contribution is 0.0948. The SMILES string of the molecule is CCn1c(C)nnc1SCc1ccc(C(=O)NCc2ccco2)cc1. The quantitative estimate of drug-likeness (QED) is 0.657. The molecule has 0 atom stereocenters. The Morgan fingerprint density at radius 2 is 2.04 bits per heavy atom. The number of amides is 1. The van der Waals surface area contributed by atoms with Gasteiger partial charge in [0.2, 0.25) is 0 Å². The molecule has 2 aromatic heterocycles. The molecule has 130 valence electrons. The van der Waals surface area contributed by atoms with Crippen LogP contribution in [0.5, 0.6) is 0 Å². The van der Waals surface area contributed by atoms with Crippen LogP contribution in [-0.2, 0) is 18.8 Å². The lowest BCUT2D eigenvalue weighted by atomic mass is 10.1. The fourth-order valence-electron chi connectivity index (χ4n) is 2.42. The van der Waals surface area contributed by atoms with Crippen molar-refractivity contribution in [1.29, 1.82) is 0 Å². The fourth-order valence-corrected chi connectivity index (χ4v) is 3.42. The first-order chi connectivity index (χ1) is 12.2. The minimum absolute atomic E-state index is 0.114. The Labute approximate surface area is 150 Å². The number of carbonyl (C=O) groups excluding carboxylic acids is 1. The predicted molar refractivity (Wildman–Crippen MR) is 96.3 cm³/mol. The molecule has 0 aliphatic rings. The lowest BCUT2D eigenvalue weighted by Crippen LogP contribution is -2.22. The molecular weight excluding hydrogens is 336 g/mol. The number of hydrogen-bond donors (Lipinski definition) is 1. The molecule has 0 bridgehead atoms. The van der Waals surface area contributed by atoms with Crippen LogP contribution in [0.25, 0.3) is 0 Å². The summed E-state index contributed by atoms with van der Waals surface area (Å²) in [5.74, 6) is 2.33. The largest absolute Gasteiger partial charge is 0.467 e. The van der Waals surface area contributed by atoms with Crippen molar-refractivity contribution in [1.82, 2.24) is 20.1 Å². The van der Waals surface area contributed by atoms with Gasteiger partial charge in [-0.25, -0.2) is 0 Å². The van der Waals surface area contributed by atoms with E-state index in [1.165, 1.54) is 0 Å². The highest BCUT2D eigenvalue weighted by molar-refractivity contribution is 7.98. The van der Waals surface area contributed by atoms with Gasteiger partial charge in [0, 0.05) is 17.9 Å². The molecule has 3 aromatic rings. The van der Waals surface area contributed by atoms with Gasteiger partial charge in [0.1, 0.15) is 11.6 Å². The number of carbonyl (C=O) groups is 1. The molecule has 0 saturated carbocycles. The van der Waals surface area contributed by atoms with Crippen LogP contribution < -0.4 is 5.32 Å². The van der Waals surface area contributed by atoms with Crippen LogP contribution in [0.1, 0.15) is 34.4 Å². The predicted octanol–water partition coefficient (Wildman–Crippen LogP) is 3.42. The van der Waals surface area contributed by atoms with E-state index in [-0.39, 0.29) is 5.91 Å². The maximum atomic E-state index is 12.1. The topological polar surface area (TPSA) is 73.0 Å². The first kappa shape index (κ1) is 17.3. The number of furan rings is 1. The van der Waals surface area contributed by atoms with Crippen LogP contribution in [-0.4, -0.2) is 20.7 Å². The van der Waals surface area contributed by atoms with Crippen molar-refractivity contribution >= 4 is 17.7 Å². The summed E-state index contributed by atoms with van der Waals surface area (Å²) in [6, 6.07) is 11.2. The van der Waals surface area contributed by atoms with Crippen molar-refractivity contribution in [3.63, 3.8) is 0 Å². The zero-order valence-electron chi connectivity index (χ0n) is 14.2. The Morgan fingerprint density at radius 1 is 1.24 bits per heavy atom. The standard InChI is InChI=1S/C18H20N4O2S/c1-3-22-13(2)20-21-18(22)25-12-14-6-8-15(9-7-14)17(23)19-11-16-5-4-10-24-16/h4-10H,3,11-12H2,1-2H3,(H,19,23). The van der Waals surface area contributed by atoms with Crippen LogP contribution in [0.3, 0.4) is 0 Å². The summed E-state index contributed by atoms with van der Waals surface area (Å²) in [6.07, 6.45) is 1.59. The molecule has 0 fully saturated rings. The molecule has 2 heterocycles. The normalized spacial score (nSPS) is 10.8. The van der Waals surface area contributed by atoms with Gasteiger partial charge in [-0.3, -0.25) is 4.79 Å². The molecule has 1 N–H and O–H groups in total. The van der Waals surface area contributed by atoms with Crippen LogP contribution >= 0.6 is 11.8 Å². The second-order valence-corrected chi connectivity index (χ2v) is 6.46. The minimum Gasteiger partial charge on any atom is -0.467 e. The zero-order chi connectivity index (χ0) is 17.6. The average molecular weight is 356 g/mol. The molecule has 3 rings (SSSR count). The second kappa shape index (κ2) is 8.02. The summed E-state index contributed by atoms with van der Waals surface area (Å²) in [5.41, 5.74) is 1.77. The Morgan fingerprint density at radius 3 is 2.72 bits per heavy atom. The summed E-state index contributed by atoms with van der Waals surface area (Å²) >= 11 is 1.64. The van der Waals surface area contributed by atoms with E-state index in [4.69, 9.17) is 4.42 Å². The third kappa shape index (κ3) is 4.30. The fraction of sp³-hybridized carbons (Fsp3) is 0.278. The van der Waals surface area contributed by atoms with E-state index in [1.807, 2.05) is 37.3 Å². The summed E-state index contributed by atoms with van der Waals surface area (Å²) in [4.78, 5) is 12.1. The summed E-state index contributed by atoms with van der Waals surface area (Å²) < 4.78 is 7.29. The molecule has 0 aliphatic carbocycles. The second-order valence-electron chi connectivity index (χ2n) is 5.52. The van der Waals surface area contributed by atoms with Crippen molar-refractivity contribution in [3.05, 3.63) is 65.4 Å². The number of benzene rings is 1. The van der Waals surface area contributed by atoms with Gasteiger partial charge < -0.3 is 14.3 Å². The summed E-state index contributed by atoms with van der Waals surface area (Å²) in [6.45, 7) is 5.28. The van der Waals surface area contributed by atoms with Gasteiger partial charge in [0.25, 0.3) is 5.91 Å². The number of nitrogens with zero attached hydrogens (tertiary/aromatic N) is 3. The van der Waals surface area contributed by atoms with Crippen LogP contribution in [0.2, 0.25) is 0 Å². The third-order valence-corrected chi connectivity index (χ3v) is 4.84. The van der Waals surface area contributed by atoms with Gasteiger partial charge in [0.05, 0.1) is 12.8 Å². The third-order valence-electron chi connectivity index (χ3n) is 3.81. The van der Waals surface area contributed by atoms with Crippen LogP contribution in [0, 0.1) is 6.92 Å². The number of aromatic nitrogens is 3. The Kier molecular flexibility index (Phi) is 5.55. The highest BCUT2D eigenvalue weighted by Gasteiger charge is 2.09. The summed E-state index contributed by atoms with van der Waals surface area (Å²) in [5, 5.41) is 12.1. The van der Waals surface area contributed by atoms with Gasteiger partial charge in [-0.15, -0.1) is 10.2 Å². The Hall–Kier alpha value is -2.54. The molecule has 1 amide bonds. The molecule has 0 aliphatic heterocycles. The van der Waals surface area contributed by atoms with Gasteiger partial charge >= 0.3 is 0 Å². The van der Waals surface area contributed by atoms with Crippen molar-refractivity contribution < 1.29 is 9.21 Å². The zero-order valence-corrected chi connectivity index (χ0v) is 15.0. The molecule has 25 heavy (non-hydrogen) atoms. The van der Waals surface area contributed by atoms with Gasteiger partial charge in [0.15, 0.2) is 5.16 Å². The minimum atomic E-state index is -0.114. The molecule has 7 heteroatoms. The average Bonchev–Trinajstić information content (AvgIpc) is 3.27. The van der Waals surface area contributed by atoms with E-state index in [2.05, 4.69) is 27.0 Å². The Balaban J connectivity index is 1.55. The van der Waals surface area contributed by atoms with E-state index in [9.17, 15) is 4.79 Å². The maximum absolute atomic E-state index is 12.1. The van der Waals surface area contributed by atoms with E-state index in [0.717, 1.165) is 34.6 Å². The molecule has 0 spiro atoms. The monoisotopic (exact) mass is 356 g/mol. The highest BCUT2D eigenvalue weighted by Crippen LogP contribution is 2.22. The molecule has 0 saturated heterocycles. The number of nitrogens with one attached hydrogen (secondary N) is 1. The number of rotatable bonds is 7.